The molecule has 0 aromatic rings. The molecular formula is C8H16N2O. The average molecular weight is 156 g/mol. The van der Waals surface area contributed by atoms with E-state index in [4.69, 9.17) is 0 Å². The maximum atomic E-state index is 11.4. The minimum atomic E-state index is 0.186. The van der Waals surface area contributed by atoms with E-state index in [0.717, 1.165) is 13.1 Å². The number of nitrogens with zero attached hydrogens (tertiary/aromatic N) is 1. The first-order valence-electron chi connectivity index (χ1n) is 4.05. The molecule has 1 atom stereocenters. The third kappa shape index (κ3) is 1.71. The predicted molar refractivity (Wildman–Crippen MR) is 44.2 cm³/mol. The van der Waals surface area contributed by atoms with Crippen molar-refractivity contribution in [2.24, 2.45) is 11.8 Å². The summed E-state index contributed by atoms with van der Waals surface area (Å²) in [7, 11) is 3.62. The fourth-order valence-corrected chi connectivity index (χ4v) is 1.27. The molecule has 11 heavy (non-hydrogen) atoms. The standard InChI is InChI=1S/C8H16N2O/c1-6(7-4-9-5-7)8(11)10(2)3/h6-7,9H,4-5H2,1-3H3. The van der Waals surface area contributed by atoms with Crippen molar-refractivity contribution < 1.29 is 4.79 Å². The van der Waals surface area contributed by atoms with Gasteiger partial charge in [0.25, 0.3) is 0 Å². The van der Waals surface area contributed by atoms with E-state index >= 15 is 0 Å². The summed E-state index contributed by atoms with van der Waals surface area (Å²) < 4.78 is 0. The molecule has 1 heterocycles. The van der Waals surface area contributed by atoms with Crippen LogP contribution in [0.25, 0.3) is 0 Å². The molecule has 64 valence electrons. The van der Waals surface area contributed by atoms with E-state index in [1.807, 2.05) is 21.0 Å². The van der Waals surface area contributed by atoms with Crippen LogP contribution in [0.5, 0.6) is 0 Å². The Labute approximate surface area is 67.8 Å². The molecule has 1 fully saturated rings. The van der Waals surface area contributed by atoms with Crippen molar-refractivity contribution >= 4 is 5.91 Å². The Morgan fingerprint density at radius 2 is 2.09 bits per heavy atom. The summed E-state index contributed by atoms with van der Waals surface area (Å²) in [6.07, 6.45) is 0. The first kappa shape index (κ1) is 8.53. The Kier molecular flexibility index (Phi) is 2.49. The van der Waals surface area contributed by atoms with Gasteiger partial charge in [0.2, 0.25) is 5.91 Å². The van der Waals surface area contributed by atoms with E-state index < -0.39 is 0 Å². The molecule has 1 saturated heterocycles. The number of rotatable bonds is 2. The van der Waals surface area contributed by atoms with Gasteiger partial charge in [-0.3, -0.25) is 4.79 Å². The van der Waals surface area contributed by atoms with Gasteiger partial charge in [-0.05, 0) is 19.0 Å². The largest absolute Gasteiger partial charge is 0.349 e. The summed E-state index contributed by atoms with van der Waals surface area (Å²) in [6, 6.07) is 0. The van der Waals surface area contributed by atoms with Gasteiger partial charge in [-0.15, -0.1) is 0 Å². The Morgan fingerprint density at radius 1 is 1.55 bits per heavy atom. The lowest BCUT2D eigenvalue weighted by Crippen LogP contribution is -2.49. The molecule has 0 spiro atoms. The van der Waals surface area contributed by atoms with Crippen LogP contribution in [0.2, 0.25) is 0 Å². The molecule has 1 aliphatic rings. The Balaban J connectivity index is 2.39. The van der Waals surface area contributed by atoms with Gasteiger partial charge in [0.15, 0.2) is 0 Å². The normalized spacial score (nSPS) is 20.6. The lowest BCUT2D eigenvalue weighted by Gasteiger charge is -2.33. The van der Waals surface area contributed by atoms with Gasteiger partial charge in [-0.2, -0.15) is 0 Å². The van der Waals surface area contributed by atoms with E-state index in [1.54, 1.807) is 4.90 Å². The van der Waals surface area contributed by atoms with E-state index in [1.165, 1.54) is 0 Å². The minimum absolute atomic E-state index is 0.186. The zero-order chi connectivity index (χ0) is 8.43. The molecule has 1 amide bonds. The quantitative estimate of drug-likeness (QED) is 0.607. The zero-order valence-corrected chi connectivity index (χ0v) is 7.42. The third-order valence-corrected chi connectivity index (χ3v) is 2.35. The van der Waals surface area contributed by atoms with Crippen LogP contribution in [-0.2, 0) is 4.79 Å². The van der Waals surface area contributed by atoms with Crippen molar-refractivity contribution in [3.8, 4) is 0 Å². The van der Waals surface area contributed by atoms with Crippen LogP contribution in [0, 0.1) is 11.8 Å². The number of carbonyl (C=O) groups is 1. The molecule has 1 rings (SSSR count). The van der Waals surface area contributed by atoms with E-state index in [9.17, 15) is 4.79 Å². The van der Waals surface area contributed by atoms with Crippen LogP contribution >= 0.6 is 0 Å². The Hall–Kier alpha value is -0.570. The highest BCUT2D eigenvalue weighted by Crippen LogP contribution is 2.16. The van der Waals surface area contributed by atoms with Crippen LogP contribution in [0.1, 0.15) is 6.92 Å². The van der Waals surface area contributed by atoms with Gasteiger partial charge >= 0.3 is 0 Å². The second kappa shape index (κ2) is 3.22. The lowest BCUT2D eigenvalue weighted by molar-refractivity contribution is -0.134. The van der Waals surface area contributed by atoms with Gasteiger partial charge in [0, 0.05) is 20.0 Å². The summed E-state index contributed by atoms with van der Waals surface area (Å²) >= 11 is 0. The van der Waals surface area contributed by atoms with Crippen molar-refractivity contribution in [3.05, 3.63) is 0 Å². The molecular weight excluding hydrogens is 140 g/mol. The van der Waals surface area contributed by atoms with Gasteiger partial charge in [0.05, 0.1) is 0 Å². The number of nitrogens with one attached hydrogen (secondary N) is 1. The van der Waals surface area contributed by atoms with Crippen molar-refractivity contribution in [1.29, 1.82) is 0 Å². The molecule has 1 unspecified atom stereocenters. The summed E-state index contributed by atoms with van der Waals surface area (Å²) in [5.74, 6) is 0.993. The predicted octanol–water partition coefficient (Wildman–Crippen LogP) is -0.0699. The highest BCUT2D eigenvalue weighted by atomic mass is 16.2. The molecule has 1 N–H and O–H groups in total. The van der Waals surface area contributed by atoms with Crippen molar-refractivity contribution in [2.75, 3.05) is 27.2 Å². The summed E-state index contributed by atoms with van der Waals surface area (Å²) in [4.78, 5) is 13.0. The highest BCUT2D eigenvalue weighted by molar-refractivity contribution is 5.78. The summed E-state index contributed by atoms with van der Waals surface area (Å²) in [5, 5.41) is 3.17. The maximum absolute atomic E-state index is 11.4. The second-order valence-electron chi connectivity index (χ2n) is 3.44. The number of carbonyl (C=O) groups excluding carboxylic acids is 1. The molecule has 0 saturated carbocycles. The van der Waals surface area contributed by atoms with Crippen molar-refractivity contribution in [1.82, 2.24) is 10.2 Å². The molecule has 0 bridgehead atoms. The van der Waals surface area contributed by atoms with Crippen molar-refractivity contribution in [3.63, 3.8) is 0 Å². The topological polar surface area (TPSA) is 32.3 Å². The average Bonchev–Trinajstić information content (AvgIpc) is 1.82. The fourth-order valence-electron chi connectivity index (χ4n) is 1.27. The van der Waals surface area contributed by atoms with Crippen LogP contribution in [-0.4, -0.2) is 38.0 Å². The maximum Gasteiger partial charge on any atom is 0.225 e. The number of amides is 1. The molecule has 0 aliphatic carbocycles. The molecule has 0 aromatic heterocycles. The molecule has 0 radical (unpaired) electrons. The third-order valence-electron chi connectivity index (χ3n) is 2.35. The summed E-state index contributed by atoms with van der Waals surface area (Å²) in [6.45, 7) is 4.01. The Morgan fingerprint density at radius 3 is 2.36 bits per heavy atom. The zero-order valence-electron chi connectivity index (χ0n) is 7.42. The minimum Gasteiger partial charge on any atom is -0.349 e. The van der Waals surface area contributed by atoms with E-state index in [2.05, 4.69) is 5.32 Å². The van der Waals surface area contributed by atoms with E-state index in [-0.39, 0.29) is 11.8 Å². The Bertz CT molecular complexity index is 152. The smallest absolute Gasteiger partial charge is 0.225 e. The summed E-state index contributed by atoms with van der Waals surface area (Å²) in [5.41, 5.74) is 0. The molecule has 0 aromatic carbocycles. The van der Waals surface area contributed by atoms with Crippen LogP contribution in [0.4, 0.5) is 0 Å². The first-order chi connectivity index (χ1) is 5.13. The van der Waals surface area contributed by atoms with Gasteiger partial charge in [-0.1, -0.05) is 6.92 Å². The van der Waals surface area contributed by atoms with Crippen LogP contribution in [0.3, 0.4) is 0 Å². The molecule has 3 nitrogen and oxygen atoms in total. The van der Waals surface area contributed by atoms with Gasteiger partial charge in [-0.25, -0.2) is 0 Å². The van der Waals surface area contributed by atoms with Gasteiger partial charge < -0.3 is 10.2 Å². The van der Waals surface area contributed by atoms with E-state index in [0.29, 0.717) is 5.92 Å². The first-order valence-corrected chi connectivity index (χ1v) is 4.05. The lowest BCUT2D eigenvalue weighted by atomic mass is 9.88. The number of hydrogen-bond acceptors (Lipinski definition) is 2. The molecule has 3 heteroatoms. The van der Waals surface area contributed by atoms with Gasteiger partial charge in [0.1, 0.15) is 0 Å². The number of hydrogen-bond donors (Lipinski definition) is 1. The molecule has 1 aliphatic heterocycles. The van der Waals surface area contributed by atoms with Crippen molar-refractivity contribution in [2.45, 2.75) is 6.92 Å². The SMILES string of the molecule is CC(C(=O)N(C)C)C1CNC1. The highest BCUT2D eigenvalue weighted by Gasteiger charge is 2.29. The second-order valence-corrected chi connectivity index (χ2v) is 3.44. The van der Waals surface area contributed by atoms with Crippen LogP contribution in [0.15, 0.2) is 0 Å². The monoisotopic (exact) mass is 156 g/mol. The fraction of sp³-hybridized carbons (Fsp3) is 0.875. The van der Waals surface area contributed by atoms with Crippen LogP contribution < -0.4 is 5.32 Å².